The maximum Gasteiger partial charge on any atom is 0.355 e. The summed E-state index contributed by atoms with van der Waals surface area (Å²) in [7, 11) is 0. The molecule has 2 N–H and O–H groups in total. The molecular weight excluding hydrogens is 304 g/mol. The van der Waals surface area contributed by atoms with E-state index in [0.29, 0.717) is 35.0 Å². The van der Waals surface area contributed by atoms with Crippen LogP contribution in [0.3, 0.4) is 0 Å². The topological polar surface area (TPSA) is 71.2 Å². The van der Waals surface area contributed by atoms with Gasteiger partial charge >= 0.3 is 5.97 Å². The molecule has 1 aromatic rings. The standard InChI is InChI=1S/C19H28N2O3/c1-5-24-19(23)17-10(2)16(12(4)20-17)18(22)21-11(3)15-9-13-6-7-14(15)8-13/h11,13-15,20H,5-9H2,1-4H3,(H,21,22)/t11-,13-,14-,15-/m0/s1. The van der Waals surface area contributed by atoms with Crippen molar-refractivity contribution in [3.05, 3.63) is 22.5 Å². The number of fused-ring (bicyclic) bond motifs is 2. The van der Waals surface area contributed by atoms with Crippen LogP contribution in [0.2, 0.25) is 0 Å². The number of aromatic nitrogens is 1. The number of amides is 1. The first kappa shape index (κ1) is 17.1. The zero-order chi connectivity index (χ0) is 17.4. The van der Waals surface area contributed by atoms with E-state index < -0.39 is 5.97 Å². The molecule has 4 atom stereocenters. The monoisotopic (exact) mass is 332 g/mol. The summed E-state index contributed by atoms with van der Waals surface area (Å²) in [5.41, 5.74) is 2.34. The quantitative estimate of drug-likeness (QED) is 0.812. The van der Waals surface area contributed by atoms with E-state index in [1.54, 1.807) is 13.8 Å². The second kappa shape index (κ2) is 6.61. The van der Waals surface area contributed by atoms with Gasteiger partial charge in [-0.05, 0) is 70.3 Å². The number of esters is 1. The van der Waals surface area contributed by atoms with Crippen LogP contribution in [0.15, 0.2) is 0 Å². The predicted molar refractivity (Wildman–Crippen MR) is 92.1 cm³/mol. The van der Waals surface area contributed by atoms with Crippen molar-refractivity contribution in [2.24, 2.45) is 17.8 Å². The lowest BCUT2D eigenvalue weighted by Gasteiger charge is -2.28. The van der Waals surface area contributed by atoms with E-state index in [1.807, 2.05) is 6.92 Å². The Balaban J connectivity index is 1.72. The minimum atomic E-state index is -0.404. The van der Waals surface area contributed by atoms with E-state index in [2.05, 4.69) is 17.2 Å². The number of hydrogen-bond donors (Lipinski definition) is 2. The van der Waals surface area contributed by atoms with Gasteiger partial charge in [0.15, 0.2) is 0 Å². The number of hydrogen-bond acceptors (Lipinski definition) is 3. The highest BCUT2D eigenvalue weighted by atomic mass is 16.5. The summed E-state index contributed by atoms with van der Waals surface area (Å²) >= 11 is 0. The maximum absolute atomic E-state index is 12.8. The molecule has 5 heteroatoms. The fraction of sp³-hybridized carbons (Fsp3) is 0.684. The molecule has 2 aliphatic carbocycles. The Labute approximate surface area is 143 Å². The summed E-state index contributed by atoms with van der Waals surface area (Å²) in [6.07, 6.45) is 5.25. The molecule has 0 aromatic carbocycles. The number of aromatic amines is 1. The van der Waals surface area contributed by atoms with Crippen molar-refractivity contribution in [2.75, 3.05) is 6.61 Å². The number of carbonyl (C=O) groups excluding carboxylic acids is 2. The van der Waals surface area contributed by atoms with Crippen LogP contribution in [-0.2, 0) is 4.74 Å². The van der Waals surface area contributed by atoms with Gasteiger partial charge in [-0.25, -0.2) is 4.79 Å². The predicted octanol–water partition coefficient (Wildman–Crippen LogP) is 3.36. The normalized spacial score (nSPS) is 26.4. The van der Waals surface area contributed by atoms with Crippen LogP contribution in [-0.4, -0.2) is 29.5 Å². The molecule has 2 fully saturated rings. The summed E-state index contributed by atoms with van der Waals surface area (Å²) in [5, 5.41) is 3.18. The third-order valence-corrected chi connectivity index (χ3v) is 5.94. The molecule has 0 radical (unpaired) electrons. The molecule has 3 rings (SSSR count). The van der Waals surface area contributed by atoms with Crippen molar-refractivity contribution in [3.63, 3.8) is 0 Å². The highest BCUT2D eigenvalue weighted by molar-refractivity contribution is 6.01. The summed E-state index contributed by atoms with van der Waals surface area (Å²) < 4.78 is 5.05. The first-order chi connectivity index (χ1) is 11.4. The molecule has 1 heterocycles. The molecule has 1 aromatic heterocycles. The maximum atomic E-state index is 12.8. The smallest absolute Gasteiger partial charge is 0.355 e. The van der Waals surface area contributed by atoms with Crippen LogP contribution in [0.25, 0.3) is 0 Å². The van der Waals surface area contributed by atoms with Gasteiger partial charge in [0.05, 0.1) is 12.2 Å². The van der Waals surface area contributed by atoms with Gasteiger partial charge in [0, 0.05) is 11.7 Å². The van der Waals surface area contributed by atoms with Crippen molar-refractivity contribution in [2.45, 2.75) is 59.4 Å². The minimum Gasteiger partial charge on any atom is -0.461 e. The average molecular weight is 332 g/mol. The minimum absolute atomic E-state index is 0.0907. The Morgan fingerprint density at radius 2 is 2.04 bits per heavy atom. The lowest BCUT2D eigenvalue weighted by Crippen LogP contribution is -2.40. The van der Waals surface area contributed by atoms with Gasteiger partial charge in [-0.2, -0.15) is 0 Å². The zero-order valence-corrected chi connectivity index (χ0v) is 15.1. The number of rotatable bonds is 5. The lowest BCUT2D eigenvalue weighted by molar-refractivity contribution is 0.0519. The molecular formula is C19H28N2O3. The third-order valence-electron chi connectivity index (χ3n) is 5.94. The summed E-state index contributed by atoms with van der Waals surface area (Å²) in [5.74, 6) is 1.74. The Morgan fingerprint density at radius 3 is 2.62 bits per heavy atom. The fourth-order valence-corrected chi connectivity index (χ4v) is 4.79. The van der Waals surface area contributed by atoms with Crippen molar-refractivity contribution in [1.82, 2.24) is 10.3 Å². The van der Waals surface area contributed by atoms with Crippen LogP contribution in [0.5, 0.6) is 0 Å². The summed E-state index contributed by atoms with van der Waals surface area (Å²) in [4.78, 5) is 27.8. The van der Waals surface area contributed by atoms with Crippen LogP contribution >= 0.6 is 0 Å². The summed E-state index contributed by atoms with van der Waals surface area (Å²) in [6.45, 7) is 7.83. The highest BCUT2D eigenvalue weighted by Gasteiger charge is 2.42. The molecule has 2 aliphatic rings. The van der Waals surface area contributed by atoms with Gasteiger partial charge in [-0.3, -0.25) is 4.79 Å². The van der Waals surface area contributed by atoms with Gasteiger partial charge in [0.1, 0.15) is 5.69 Å². The van der Waals surface area contributed by atoms with E-state index in [0.717, 1.165) is 11.8 Å². The van der Waals surface area contributed by atoms with Crippen molar-refractivity contribution in [1.29, 1.82) is 0 Å². The SMILES string of the molecule is CCOC(=O)c1[nH]c(C)c(C(=O)N[C@@H](C)[C@@H]2C[C@H]3CC[C@H]2C3)c1C. The number of ether oxygens (including phenoxy) is 1. The van der Waals surface area contributed by atoms with E-state index in [1.165, 1.54) is 25.7 Å². The van der Waals surface area contributed by atoms with Crippen molar-refractivity contribution < 1.29 is 14.3 Å². The van der Waals surface area contributed by atoms with Gasteiger partial charge < -0.3 is 15.0 Å². The zero-order valence-electron chi connectivity index (χ0n) is 15.1. The van der Waals surface area contributed by atoms with E-state index >= 15 is 0 Å². The van der Waals surface area contributed by atoms with Crippen LogP contribution in [0.1, 0.15) is 71.6 Å². The molecule has 2 bridgehead atoms. The number of nitrogens with one attached hydrogen (secondary N) is 2. The highest BCUT2D eigenvalue weighted by Crippen LogP contribution is 2.49. The van der Waals surface area contributed by atoms with Crippen LogP contribution in [0, 0.1) is 31.6 Å². The average Bonchev–Trinajstić information content (AvgIpc) is 3.21. The van der Waals surface area contributed by atoms with E-state index in [9.17, 15) is 9.59 Å². The second-order valence-electron chi connectivity index (χ2n) is 7.45. The Morgan fingerprint density at radius 1 is 1.29 bits per heavy atom. The molecule has 0 saturated heterocycles. The summed E-state index contributed by atoms with van der Waals surface area (Å²) in [6, 6.07) is 0.174. The van der Waals surface area contributed by atoms with Gasteiger partial charge in [-0.15, -0.1) is 0 Å². The number of aryl methyl sites for hydroxylation is 1. The molecule has 132 valence electrons. The molecule has 0 aliphatic heterocycles. The molecule has 0 unspecified atom stereocenters. The molecule has 0 spiro atoms. The van der Waals surface area contributed by atoms with Gasteiger partial charge in [0.2, 0.25) is 0 Å². The van der Waals surface area contributed by atoms with Crippen molar-refractivity contribution in [3.8, 4) is 0 Å². The number of carbonyl (C=O) groups is 2. The Kier molecular flexibility index (Phi) is 4.70. The van der Waals surface area contributed by atoms with E-state index in [-0.39, 0.29) is 11.9 Å². The molecule has 2 saturated carbocycles. The van der Waals surface area contributed by atoms with Gasteiger partial charge in [0.25, 0.3) is 5.91 Å². The van der Waals surface area contributed by atoms with Crippen LogP contribution < -0.4 is 5.32 Å². The third kappa shape index (κ3) is 2.96. The Bertz CT molecular complexity index is 649. The molecule has 5 nitrogen and oxygen atoms in total. The Hall–Kier alpha value is -1.78. The first-order valence-electron chi connectivity index (χ1n) is 9.09. The number of H-pyrrole nitrogens is 1. The van der Waals surface area contributed by atoms with E-state index in [4.69, 9.17) is 4.74 Å². The molecule has 24 heavy (non-hydrogen) atoms. The van der Waals surface area contributed by atoms with Gasteiger partial charge in [-0.1, -0.05) is 6.42 Å². The van der Waals surface area contributed by atoms with Crippen LogP contribution in [0.4, 0.5) is 0 Å². The largest absolute Gasteiger partial charge is 0.461 e. The van der Waals surface area contributed by atoms with Crippen molar-refractivity contribution >= 4 is 11.9 Å². The fourth-order valence-electron chi connectivity index (χ4n) is 4.79. The molecule has 1 amide bonds. The first-order valence-corrected chi connectivity index (χ1v) is 9.09. The lowest BCUT2D eigenvalue weighted by atomic mass is 9.84. The second-order valence-corrected chi connectivity index (χ2v) is 7.45.